The number of nitrogens with two attached hydrogens (primary N) is 1. The number of methoxy groups -OCH3 is 1. The lowest BCUT2D eigenvalue weighted by Gasteiger charge is -2.16. The number of benzene rings is 1. The molecule has 0 spiro atoms. The van der Waals surface area contributed by atoms with E-state index in [4.69, 9.17) is 10.5 Å². The maximum atomic E-state index is 11.9. The third kappa shape index (κ3) is 3.38. The molecule has 5 heteroatoms. The summed E-state index contributed by atoms with van der Waals surface area (Å²) in [6.07, 6.45) is 0.818. The van der Waals surface area contributed by atoms with Crippen molar-refractivity contribution < 1.29 is 9.53 Å². The normalized spacial score (nSPS) is 20.3. The minimum atomic E-state index is -0.0199. The van der Waals surface area contributed by atoms with E-state index in [1.54, 1.807) is 7.11 Å². The van der Waals surface area contributed by atoms with Gasteiger partial charge in [0, 0.05) is 19.1 Å². The van der Waals surface area contributed by atoms with Crippen molar-refractivity contribution in [2.24, 2.45) is 5.73 Å². The molecule has 2 atom stereocenters. The highest BCUT2D eigenvalue weighted by Crippen LogP contribution is 2.23. The van der Waals surface area contributed by atoms with E-state index in [9.17, 15) is 4.79 Å². The van der Waals surface area contributed by atoms with Crippen LogP contribution in [0.25, 0.3) is 0 Å². The van der Waals surface area contributed by atoms with Crippen LogP contribution in [0.1, 0.15) is 24.9 Å². The van der Waals surface area contributed by atoms with Gasteiger partial charge in [0.2, 0.25) is 0 Å². The highest BCUT2D eigenvalue weighted by atomic mass is 16.5. The van der Waals surface area contributed by atoms with E-state index in [0.29, 0.717) is 13.1 Å². The van der Waals surface area contributed by atoms with Crippen LogP contribution in [-0.2, 0) is 0 Å². The van der Waals surface area contributed by atoms with Crippen LogP contribution in [0, 0.1) is 0 Å². The summed E-state index contributed by atoms with van der Waals surface area (Å²) in [5.41, 5.74) is 6.79. The number of nitrogens with one attached hydrogen (secondary N) is 1. The van der Waals surface area contributed by atoms with Gasteiger partial charge in [-0.1, -0.05) is 12.1 Å². The van der Waals surface area contributed by atoms with Gasteiger partial charge in [0.25, 0.3) is 0 Å². The molecule has 0 aromatic heterocycles. The summed E-state index contributed by atoms with van der Waals surface area (Å²) in [6.45, 7) is 3.33. The van der Waals surface area contributed by atoms with Gasteiger partial charge in [0.05, 0.1) is 13.2 Å². The minimum absolute atomic E-state index is 0.0199. The second-order valence-corrected chi connectivity index (χ2v) is 4.99. The molecule has 2 amide bonds. The highest BCUT2D eigenvalue weighted by molar-refractivity contribution is 5.77. The molecule has 104 valence electrons. The molecule has 1 heterocycles. The zero-order chi connectivity index (χ0) is 13.8. The molecule has 2 unspecified atom stereocenters. The number of amides is 2. The first-order valence-electron chi connectivity index (χ1n) is 6.55. The Kier molecular flexibility index (Phi) is 4.27. The molecule has 3 N–H and O–H groups in total. The lowest BCUT2D eigenvalue weighted by molar-refractivity contribution is 0.216. The fourth-order valence-corrected chi connectivity index (χ4v) is 2.19. The second-order valence-electron chi connectivity index (χ2n) is 4.99. The van der Waals surface area contributed by atoms with E-state index in [1.165, 1.54) is 0 Å². The molecule has 1 aliphatic heterocycles. The first kappa shape index (κ1) is 13.7. The standard InChI is InChI=1S/C14H21N3O2/c1-10(15)6-7-17-9-13(16-14(17)18)11-4-3-5-12(8-11)19-2/h3-5,8,10,13H,6-7,9,15H2,1-2H3,(H,16,18). The van der Waals surface area contributed by atoms with Crippen molar-refractivity contribution in [2.75, 3.05) is 20.2 Å². The van der Waals surface area contributed by atoms with E-state index in [1.807, 2.05) is 36.1 Å². The van der Waals surface area contributed by atoms with Crippen LogP contribution in [0.3, 0.4) is 0 Å². The predicted molar refractivity (Wildman–Crippen MR) is 74.1 cm³/mol. The smallest absolute Gasteiger partial charge is 0.318 e. The lowest BCUT2D eigenvalue weighted by Crippen LogP contribution is -2.32. The van der Waals surface area contributed by atoms with Crippen molar-refractivity contribution in [3.63, 3.8) is 0 Å². The molecule has 19 heavy (non-hydrogen) atoms. The number of urea groups is 1. The van der Waals surface area contributed by atoms with E-state index in [2.05, 4.69) is 5.32 Å². The van der Waals surface area contributed by atoms with E-state index in [0.717, 1.165) is 17.7 Å². The zero-order valence-corrected chi connectivity index (χ0v) is 11.4. The Bertz CT molecular complexity index is 448. The predicted octanol–water partition coefficient (Wildman–Crippen LogP) is 1.50. The summed E-state index contributed by atoms with van der Waals surface area (Å²) in [6, 6.07) is 7.91. The Labute approximate surface area is 113 Å². The van der Waals surface area contributed by atoms with Crippen LogP contribution >= 0.6 is 0 Å². The lowest BCUT2D eigenvalue weighted by atomic mass is 10.1. The Balaban J connectivity index is 2.01. The van der Waals surface area contributed by atoms with Crippen LogP contribution in [0.15, 0.2) is 24.3 Å². The molecule has 1 aromatic rings. The Morgan fingerprint density at radius 1 is 1.58 bits per heavy atom. The first-order valence-corrected chi connectivity index (χ1v) is 6.55. The maximum absolute atomic E-state index is 11.9. The number of ether oxygens (including phenoxy) is 1. The molecule has 0 bridgehead atoms. The molecule has 1 saturated heterocycles. The second kappa shape index (κ2) is 5.93. The fourth-order valence-electron chi connectivity index (χ4n) is 2.19. The topological polar surface area (TPSA) is 67.6 Å². The average Bonchev–Trinajstić information content (AvgIpc) is 2.78. The Hall–Kier alpha value is -1.75. The Morgan fingerprint density at radius 3 is 3.05 bits per heavy atom. The first-order chi connectivity index (χ1) is 9.10. The Morgan fingerprint density at radius 2 is 2.37 bits per heavy atom. The van der Waals surface area contributed by atoms with Crippen molar-refractivity contribution in [1.29, 1.82) is 0 Å². The highest BCUT2D eigenvalue weighted by Gasteiger charge is 2.29. The number of carbonyl (C=O) groups is 1. The third-order valence-electron chi connectivity index (χ3n) is 3.34. The summed E-state index contributed by atoms with van der Waals surface area (Å²) in [7, 11) is 1.64. The molecule has 0 saturated carbocycles. The molecule has 5 nitrogen and oxygen atoms in total. The number of rotatable bonds is 5. The molecule has 0 radical (unpaired) electrons. The molecule has 0 aliphatic carbocycles. The molecule has 1 fully saturated rings. The third-order valence-corrected chi connectivity index (χ3v) is 3.34. The van der Waals surface area contributed by atoms with Crippen molar-refractivity contribution in [1.82, 2.24) is 10.2 Å². The van der Waals surface area contributed by atoms with Crippen molar-refractivity contribution in [2.45, 2.75) is 25.4 Å². The van der Waals surface area contributed by atoms with Crippen molar-refractivity contribution >= 4 is 6.03 Å². The van der Waals surface area contributed by atoms with Crippen molar-refractivity contribution in [3.8, 4) is 5.75 Å². The molecular weight excluding hydrogens is 242 g/mol. The van der Waals surface area contributed by atoms with Crippen LogP contribution in [0.4, 0.5) is 4.79 Å². The van der Waals surface area contributed by atoms with E-state index >= 15 is 0 Å². The number of hydrogen-bond donors (Lipinski definition) is 2. The van der Waals surface area contributed by atoms with Gasteiger partial charge in [-0.2, -0.15) is 0 Å². The number of nitrogens with zero attached hydrogens (tertiary/aromatic N) is 1. The van der Waals surface area contributed by atoms with Gasteiger partial charge in [-0.3, -0.25) is 0 Å². The number of carbonyl (C=O) groups excluding carboxylic acids is 1. The van der Waals surface area contributed by atoms with Gasteiger partial charge < -0.3 is 20.7 Å². The van der Waals surface area contributed by atoms with Gasteiger partial charge in [0.15, 0.2) is 0 Å². The monoisotopic (exact) mass is 263 g/mol. The summed E-state index contributed by atoms with van der Waals surface area (Å²) in [5.74, 6) is 0.806. The van der Waals surface area contributed by atoms with Gasteiger partial charge in [0.1, 0.15) is 5.75 Å². The average molecular weight is 263 g/mol. The molecular formula is C14H21N3O2. The van der Waals surface area contributed by atoms with E-state index < -0.39 is 0 Å². The number of hydrogen-bond acceptors (Lipinski definition) is 3. The van der Waals surface area contributed by atoms with Gasteiger partial charge >= 0.3 is 6.03 Å². The van der Waals surface area contributed by atoms with Crippen LogP contribution in [-0.4, -0.2) is 37.2 Å². The largest absolute Gasteiger partial charge is 0.497 e. The molecule has 1 aromatic carbocycles. The molecule has 1 aliphatic rings. The van der Waals surface area contributed by atoms with Crippen molar-refractivity contribution in [3.05, 3.63) is 29.8 Å². The van der Waals surface area contributed by atoms with Gasteiger partial charge in [-0.05, 0) is 31.0 Å². The summed E-state index contributed by atoms with van der Waals surface area (Å²) < 4.78 is 5.20. The molecule has 2 rings (SSSR count). The summed E-state index contributed by atoms with van der Waals surface area (Å²) in [5, 5.41) is 2.99. The fraction of sp³-hybridized carbons (Fsp3) is 0.500. The van der Waals surface area contributed by atoms with Crippen LogP contribution in [0.2, 0.25) is 0 Å². The van der Waals surface area contributed by atoms with Crippen LogP contribution in [0.5, 0.6) is 5.75 Å². The van der Waals surface area contributed by atoms with Crippen LogP contribution < -0.4 is 15.8 Å². The van der Waals surface area contributed by atoms with Gasteiger partial charge in [-0.15, -0.1) is 0 Å². The quantitative estimate of drug-likeness (QED) is 0.846. The van der Waals surface area contributed by atoms with E-state index in [-0.39, 0.29) is 18.1 Å². The zero-order valence-electron chi connectivity index (χ0n) is 11.4. The summed E-state index contributed by atoms with van der Waals surface area (Å²) in [4.78, 5) is 13.7. The SMILES string of the molecule is COc1cccc(C2CN(CCC(C)N)C(=O)N2)c1. The summed E-state index contributed by atoms with van der Waals surface area (Å²) >= 11 is 0. The maximum Gasteiger partial charge on any atom is 0.318 e. The van der Waals surface area contributed by atoms with Gasteiger partial charge in [-0.25, -0.2) is 4.79 Å². The minimum Gasteiger partial charge on any atom is -0.497 e.